The van der Waals surface area contributed by atoms with E-state index < -0.39 is 9.52 Å². The minimum absolute atomic E-state index is 0.0163. The van der Waals surface area contributed by atoms with Crippen molar-refractivity contribution in [3.8, 4) is 5.75 Å². The van der Waals surface area contributed by atoms with Gasteiger partial charge in [0.05, 0.1) is 35.5 Å². The third-order valence-corrected chi connectivity index (χ3v) is 10.0. The van der Waals surface area contributed by atoms with Crippen molar-refractivity contribution in [2.45, 2.75) is 17.9 Å². The van der Waals surface area contributed by atoms with Crippen LogP contribution in [0.4, 0.5) is 0 Å². The number of hydrogen-bond acceptors (Lipinski definition) is 2. The molecular weight excluding hydrogens is 527 g/mol. The number of imidazole rings is 1. The molecule has 0 N–H and O–H groups in total. The molecule has 3 nitrogen and oxygen atoms in total. The van der Waals surface area contributed by atoms with Gasteiger partial charge in [-0.2, -0.15) is 0 Å². The molecule has 6 aromatic rings. The van der Waals surface area contributed by atoms with Crippen LogP contribution in [0.2, 0.25) is 0 Å². The maximum Gasteiger partial charge on any atom is 0.119 e. The van der Waals surface area contributed by atoms with Crippen LogP contribution in [-0.4, -0.2) is 33.5 Å². The lowest BCUT2D eigenvalue weighted by Gasteiger charge is -2.37. The summed E-state index contributed by atoms with van der Waals surface area (Å²) in [5.41, 5.74) is 4.89. The normalized spacial score (nSPS) is 11.3. The zero-order valence-electron chi connectivity index (χ0n) is 24.0. The van der Waals surface area contributed by atoms with Gasteiger partial charge in [-0.1, -0.05) is 139 Å². The second kappa shape index (κ2) is 14.3. The van der Waals surface area contributed by atoms with Gasteiger partial charge in [-0.3, -0.25) is 0 Å². The third-order valence-electron chi connectivity index (χ3n) is 7.46. The summed E-state index contributed by atoms with van der Waals surface area (Å²) in [5.74, 6) is 0.908. The number of hydrogen-bond donors (Lipinski definition) is 0. The molecule has 0 aliphatic carbocycles. The van der Waals surface area contributed by atoms with Crippen molar-refractivity contribution in [1.29, 1.82) is 0 Å². The second-order valence-electron chi connectivity index (χ2n) is 10.1. The fraction of sp³-hybridized carbons (Fsp3) is 0.108. The Balaban J connectivity index is 0.000000211. The smallest absolute Gasteiger partial charge is 0.119 e. The molecule has 42 heavy (non-hydrogen) atoms. The van der Waals surface area contributed by atoms with Crippen molar-refractivity contribution < 1.29 is 4.74 Å². The second-order valence-corrected chi connectivity index (χ2v) is 12.3. The maximum atomic E-state index is 6.12. The maximum absolute atomic E-state index is 6.12. The quantitative estimate of drug-likeness (QED) is 0.189. The zero-order chi connectivity index (χ0) is 29.0. The van der Waals surface area contributed by atoms with Crippen LogP contribution in [0.1, 0.15) is 35.0 Å². The predicted octanol–water partition coefficient (Wildman–Crippen LogP) is 6.47. The molecule has 0 aliphatic rings. The topological polar surface area (TPSA) is 27.1 Å². The van der Waals surface area contributed by atoms with E-state index in [0.717, 1.165) is 16.9 Å². The fourth-order valence-corrected chi connectivity index (χ4v) is 7.66. The van der Waals surface area contributed by atoms with Gasteiger partial charge in [0, 0.05) is 12.4 Å². The highest BCUT2D eigenvalue weighted by atomic mass is 28.2. The molecule has 1 aromatic heterocycles. The molecule has 1 heterocycles. The number of benzene rings is 5. The average molecular weight is 563 g/mol. The Morgan fingerprint density at radius 3 is 1.60 bits per heavy atom. The fourth-order valence-electron chi connectivity index (χ4n) is 5.35. The summed E-state index contributed by atoms with van der Waals surface area (Å²) >= 11 is 0. The van der Waals surface area contributed by atoms with E-state index >= 15 is 0 Å². The van der Waals surface area contributed by atoms with Gasteiger partial charge >= 0.3 is 0 Å². The van der Waals surface area contributed by atoms with Crippen molar-refractivity contribution in [3.05, 3.63) is 187 Å². The lowest BCUT2D eigenvalue weighted by Crippen LogP contribution is -2.46. The molecule has 2 radical (unpaired) electrons. The van der Waals surface area contributed by atoms with Crippen LogP contribution in [0.3, 0.4) is 0 Å². The number of nitrogens with zero attached hydrogens (tertiary/aromatic N) is 2. The first-order valence-corrected chi connectivity index (χ1v) is 15.8. The van der Waals surface area contributed by atoms with Gasteiger partial charge in [-0.05, 0) is 47.1 Å². The van der Waals surface area contributed by atoms with E-state index in [-0.39, 0.29) is 11.0 Å². The standard InChI is InChI=1S/C24H24N2OSi.C13H11B/c1-2-27-22-13-15-23(16-14-22)28-24(26-18-17-25-19-26,20-9-5-3-6-10-20)21-11-7-4-8-12-21;14-13(11-7-3-1-4-8-11)12-9-5-2-6-10-12/h3-19H,2,28H2,1H3;1-10,13H. The highest BCUT2D eigenvalue weighted by molar-refractivity contribution is 6.57. The van der Waals surface area contributed by atoms with Gasteiger partial charge in [0.1, 0.15) is 5.75 Å². The molecule has 0 amide bonds. The summed E-state index contributed by atoms with van der Waals surface area (Å²) < 4.78 is 7.91. The summed E-state index contributed by atoms with van der Waals surface area (Å²) in [6.07, 6.45) is 5.90. The van der Waals surface area contributed by atoms with Gasteiger partial charge in [0.2, 0.25) is 0 Å². The monoisotopic (exact) mass is 562 g/mol. The molecule has 0 saturated carbocycles. The Bertz CT molecular complexity index is 1520. The van der Waals surface area contributed by atoms with Crippen LogP contribution in [-0.2, 0) is 5.16 Å². The van der Waals surface area contributed by atoms with Gasteiger partial charge in [-0.15, -0.1) is 0 Å². The van der Waals surface area contributed by atoms with Gasteiger partial charge in [0.15, 0.2) is 0 Å². The largest absolute Gasteiger partial charge is 0.494 e. The highest BCUT2D eigenvalue weighted by Crippen LogP contribution is 2.33. The predicted molar refractivity (Wildman–Crippen MR) is 178 cm³/mol. The lowest BCUT2D eigenvalue weighted by molar-refractivity contribution is 0.340. The number of aromatic nitrogens is 2. The molecule has 0 unspecified atom stereocenters. The summed E-state index contributed by atoms with van der Waals surface area (Å²) in [4.78, 5) is 4.38. The first kappa shape index (κ1) is 28.9. The highest BCUT2D eigenvalue weighted by Gasteiger charge is 2.36. The SMILES string of the molecule is CCOc1ccc([SiH2]C(c2ccccc2)(c2ccccc2)n2ccnc2)cc1.[B]C(c1ccccc1)c1ccccc1. The van der Waals surface area contributed by atoms with E-state index in [1.165, 1.54) is 16.3 Å². The summed E-state index contributed by atoms with van der Waals surface area (Å²) in [5, 5.41) is 1.14. The molecule has 0 saturated heterocycles. The Hall–Kier alpha value is -4.61. The number of ether oxygens (including phenoxy) is 1. The van der Waals surface area contributed by atoms with E-state index in [2.05, 4.69) is 125 Å². The van der Waals surface area contributed by atoms with E-state index in [1.807, 2.05) is 55.8 Å². The summed E-state index contributed by atoms with van der Waals surface area (Å²) in [6, 6.07) is 50.4. The summed E-state index contributed by atoms with van der Waals surface area (Å²) in [7, 11) is 5.28. The molecule has 0 bridgehead atoms. The third kappa shape index (κ3) is 6.81. The van der Waals surface area contributed by atoms with Crippen LogP contribution >= 0.6 is 0 Å². The van der Waals surface area contributed by atoms with Crippen molar-refractivity contribution in [2.75, 3.05) is 6.61 Å². The zero-order valence-corrected chi connectivity index (χ0v) is 25.4. The van der Waals surface area contributed by atoms with E-state index in [9.17, 15) is 0 Å². The Kier molecular flexibility index (Phi) is 9.86. The van der Waals surface area contributed by atoms with Crippen molar-refractivity contribution >= 4 is 22.6 Å². The Morgan fingerprint density at radius 2 is 1.17 bits per heavy atom. The van der Waals surface area contributed by atoms with Crippen LogP contribution in [0.25, 0.3) is 0 Å². The summed E-state index contributed by atoms with van der Waals surface area (Å²) in [6.45, 7) is 2.70. The lowest BCUT2D eigenvalue weighted by atomic mass is 9.76. The Labute approximate surface area is 253 Å². The molecular formula is C37H35BN2OSi. The first-order valence-electron chi connectivity index (χ1n) is 14.4. The van der Waals surface area contributed by atoms with Crippen molar-refractivity contribution in [3.63, 3.8) is 0 Å². The number of rotatable bonds is 9. The molecule has 5 heteroatoms. The minimum atomic E-state index is -0.832. The van der Waals surface area contributed by atoms with Crippen molar-refractivity contribution in [1.82, 2.24) is 9.55 Å². The van der Waals surface area contributed by atoms with E-state index in [0.29, 0.717) is 6.61 Å². The molecule has 0 atom stereocenters. The van der Waals surface area contributed by atoms with Gasteiger partial charge in [-0.25, -0.2) is 4.98 Å². The molecule has 6 rings (SSSR count). The van der Waals surface area contributed by atoms with Crippen LogP contribution in [0.15, 0.2) is 164 Å². The average Bonchev–Trinajstić information content (AvgIpc) is 3.62. The first-order chi connectivity index (χ1) is 20.7. The van der Waals surface area contributed by atoms with Crippen LogP contribution in [0, 0.1) is 0 Å². The molecule has 206 valence electrons. The van der Waals surface area contributed by atoms with Gasteiger partial charge in [0.25, 0.3) is 0 Å². The Morgan fingerprint density at radius 1 is 0.690 bits per heavy atom. The molecule has 0 fully saturated rings. The minimum Gasteiger partial charge on any atom is -0.494 e. The van der Waals surface area contributed by atoms with E-state index in [1.54, 1.807) is 0 Å². The van der Waals surface area contributed by atoms with Crippen molar-refractivity contribution in [2.24, 2.45) is 0 Å². The van der Waals surface area contributed by atoms with Gasteiger partial charge < -0.3 is 9.30 Å². The molecule has 5 aromatic carbocycles. The van der Waals surface area contributed by atoms with Crippen LogP contribution in [0.5, 0.6) is 5.75 Å². The van der Waals surface area contributed by atoms with E-state index in [4.69, 9.17) is 12.6 Å². The van der Waals surface area contributed by atoms with Crippen LogP contribution < -0.4 is 9.92 Å². The molecule has 0 aliphatic heterocycles. The molecule has 0 spiro atoms.